The average Bonchev–Trinajstić information content (AvgIpc) is 2.88. The Morgan fingerprint density at radius 3 is 2.75 bits per heavy atom. The first-order valence-electron chi connectivity index (χ1n) is 7.61. The Morgan fingerprint density at radius 1 is 1.46 bits per heavy atom. The molecule has 0 radical (unpaired) electrons. The van der Waals surface area contributed by atoms with E-state index in [0.29, 0.717) is 16.3 Å². The number of halogens is 1. The number of anilines is 1. The molecule has 6 nitrogen and oxygen atoms in total. The van der Waals surface area contributed by atoms with Gasteiger partial charge in [-0.3, -0.25) is 4.79 Å². The quantitative estimate of drug-likeness (QED) is 0.835. The summed E-state index contributed by atoms with van der Waals surface area (Å²) >= 11 is 5.96. The third-order valence-electron chi connectivity index (χ3n) is 3.73. The smallest absolute Gasteiger partial charge is 0.238 e. The molecule has 0 aliphatic rings. The minimum Gasteiger partial charge on any atom is -0.361 e. The van der Waals surface area contributed by atoms with Crippen molar-refractivity contribution in [2.45, 2.75) is 33.2 Å². The van der Waals surface area contributed by atoms with E-state index in [0.717, 1.165) is 23.4 Å². The molecule has 1 atom stereocenters. The topological polar surface area (TPSA) is 91.0 Å². The molecule has 2 aromatic rings. The zero-order chi connectivity index (χ0) is 17.7. The van der Waals surface area contributed by atoms with Crippen molar-refractivity contribution in [3.63, 3.8) is 0 Å². The fourth-order valence-corrected chi connectivity index (χ4v) is 2.77. The maximum absolute atomic E-state index is 12.1. The van der Waals surface area contributed by atoms with Crippen LogP contribution in [0.3, 0.4) is 0 Å². The summed E-state index contributed by atoms with van der Waals surface area (Å²) in [5.74, 6) is 0.562. The van der Waals surface area contributed by atoms with E-state index in [9.17, 15) is 4.79 Å². The standard InChI is InChI=1S/C17H19ClN4O2/c1-4-15(17-10(2)22-24-11(17)3)20-9-16(23)21-13-6-5-12(8-19)14(18)7-13/h5-7,15,20H,4,9H2,1-3H3,(H,21,23). The largest absolute Gasteiger partial charge is 0.361 e. The third-order valence-corrected chi connectivity index (χ3v) is 4.04. The van der Waals surface area contributed by atoms with Crippen LogP contribution in [-0.2, 0) is 4.79 Å². The van der Waals surface area contributed by atoms with Gasteiger partial charge in [-0.2, -0.15) is 5.26 Å². The fraction of sp³-hybridized carbons (Fsp3) is 0.353. The van der Waals surface area contributed by atoms with Gasteiger partial charge in [0.15, 0.2) is 0 Å². The van der Waals surface area contributed by atoms with Crippen LogP contribution in [0, 0.1) is 25.2 Å². The summed E-state index contributed by atoms with van der Waals surface area (Å²) in [4.78, 5) is 12.1. The van der Waals surface area contributed by atoms with Crippen molar-refractivity contribution in [3.8, 4) is 6.07 Å². The first-order valence-corrected chi connectivity index (χ1v) is 7.99. The van der Waals surface area contributed by atoms with Gasteiger partial charge >= 0.3 is 0 Å². The predicted octanol–water partition coefficient (Wildman–Crippen LogP) is 3.50. The normalized spacial score (nSPS) is 11.8. The lowest BCUT2D eigenvalue weighted by Gasteiger charge is -2.16. The second kappa shape index (κ2) is 7.95. The number of nitrogens with one attached hydrogen (secondary N) is 2. The van der Waals surface area contributed by atoms with E-state index in [-0.39, 0.29) is 18.5 Å². The first-order chi connectivity index (χ1) is 11.5. The lowest BCUT2D eigenvalue weighted by Crippen LogP contribution is -2.31. The highest BCUT2D eigenvalue weighted by Crippen LogP contribution is 2.24. The lowest BCUT2D eigenvalue weighted by molar-refractivity contribution is -0.115. The number of amides is 1. The van der Waals surface area contributed by atoms with Crippen LogP contribution in [0.1, 0.15) is 42.0 Å². The van der Waals surface area contributed by atoms with Gasteiger partial charge in [-0.15, -0.1) is 0 Å². The van der Waals surface area contributed by atoms with E-state index < -0.39 is 0 Å². The summed E-state index contributed by atoms with van der Waals surface area (Å²) in [6.07, 6.45) is 0.804. The number of carbonyl (C=O) groups is 1. The second-order valence-electron chi connectivity index (χ2n) is 5.43. The van der Waals surface area contributed by atoms with Crippen LogP contribution in [0.2, 0.25) is 5.02 Å². The number of nitrogens with zero attached hydrogens (tertiary/aromatic N) is 2. The summed E-state index contributed by atoms with van der Waals surface area (Å²) in [7, 11) is 0. The van der Waals surface area contributed by atoms with Crippen LogP contribution in [0.25, 0.3) is 0 Å². The van der Waals surface area contributed by atoms with Crippen LogP contribution >= 0.6 is 11.6 Å². The van der Waals surface area contributed by atoms with Crippen LogP contribution in [0.5, 0.6) is 0 Å². The average molecular weight is 347 g/mol. The number of rotatable bonds is 6. The van der Waals surface area contributed by atoms with Gasteiger partial charge in [0.25, 0.3) is 0 Å². The zero-order valence-corrected chi connectivity index (χ0v) is 14.6. The molecule has 24 heavy (non-hydrogen) atoms. The highest BCUT2D eigenvalue weighted by Gasteiger charge is 2.19. The number of aryl methyl sites for hydroxylation is 2. The van der Waals surface area contributed by atoms with E-state index >= 15 is 0 Å². The highest BCUT2D eigenvalue weighted by molar-refractivity contribution is 6.32. The SMILES string of the molecule is CCC(NCC(=O)Nc1ccc(C#N)c(Cl)c1)c1c(C)noc1C. The summed E-state index contributed by atoms with van der Waals surface area (Å²) in [6, 6.07) is 6.75. The molecule has 0 aliphatic carbocycles. The van der Waals surface area contributed by atoms with Crippen molar-refractivity contribution in [2.75, 3.05) is 11.9 Å². The van der Waals surface area contributed by atoms with Crippen molar-refractivity contribution in [1.82, 2.24) is 10.5 Å². The molecule has 0 saturated heterocycles. The molecule has 1 heterocycles. The first kappa shape index (κ1) is 18.0. The van der Waals surface area contributed by atoms with E-state index in [2.05, 4.69) is 15.8 Å². The summed E-state index contributed by atoms with van der Waals surface area (Å²) in [5, 5.41) is 19.1. The van der Waals surface area contributed by atoms with E-state index in [4.69, 9.17) is 21.4 Å². The molecule has 7 heteroatoms. The number of carbonyl (C=O) groups excluding carboxylic acids is 1. The fourth-order valence-electron chi connectivity index (χ4n) is 2.54. The monoisotopic (exact) mass is 346 g/mol. The van der Waals surface area contributed by atoms with Crippen LogP contribution in [0.4, 0.5) is 5.69 Å². The molecule has 1 aromatic carbocycles. The number of hydrogen-bond donors (Lipinski definition) is 2. The Hall–Kier alpha value is -2.36. The van der Waals surface area contributed by atoms with Crippen LogP contribution in [-0.4, -0.2) is 17.6 Å². The van der Waals surface area contributed by atoms with Crippen molar-refractivity contribution < 1.29 is 9.32 Å². The van der Waals surface area contributed by atoms with Gasteiger partial charge in [0, 0.05) is 17.3 Å². The molecule has 0 fully saturated rings. The molecular formula is C17H19ClN4O2. The summed E-state index contributed by atoms with van der Waals surface area (Å²) in [5.41, 5.74) is 2.74. The Bertz CT molecular complexity index is 760. The Labute approximate surface area is 145 Å². The molecule has 0 saturated carbocycles. The summed E-state index contributed by atoms with van der Waals surface area (Å²) < 4.78 is 5.18. The molecule has 126 valence electrons. The van der Waals surface area contributed by atoms with Crippen molar-refractivity contribution >= 4 is 23.2 Å². The number of hydrogen-bond acceptors (Lipinski definition) is 5. The van der Waals surface area contributed by atoms with E-state index in [1.54, 1.807) is 18.2 Å². The van der Waals surface area contributed by atoms with Gasteiger partial charge in [0.2, 0.25) is 5.91 Å². The number of aromatic nitrogens is 1. The molecular weight excluding hydrogens is 328 g/mol. The summed E-state index contributed by atoms with van der Waals surface area (Å²) in [6.45, 7) is 5.91. The minimum absolute atomic E-state index is 0.00782. The van der Waals surface area contributed by atoms with Crippen molar-refractivity contribution in [2.24, 2.45) is 0 Å². The lowest BCUT2D eigenvalue weighted by atomic mass is 10.0. The predicted molar refractivity (Wildman–Crippen MR) is 91.8 cm³/mol. The van der Waals surface area contributed by atoms with Gasteiger partial charge in [-0.1, -0.05) is 23.7 Å². The molecule has 2 N–H and O–H groups in total. The van der Waals surface area contributed by atoms with Gasteiger partial charge in [0.1, 0.15) is 11.8 Å². The second-order valence-corrected chi connectivity index (χ2v) is 5.84. The van der Waals surface area contributed by atoms with E-state index in [1.165, 1.54) is 0 Å². The molecule has 1 amide bonds. The zero-order valence-electron chi connectivity index (χ0n) is 13.8. The van der Waals surface area contributed by atoms with E-state index in [1.807, 2.05) is 26.8 Å². The van der Waals surface area contributed by atoms with Gasteiger partial charge < -0.3 is 15.2 Å². The van der Waals surface area contributed by atoms with Gasteiger partial charge in [-0.25, -0.2) is 0 Å². The van der Waals surface area contributed by atoms with Gasteiger partial charge in [0.05, 0.1) is 22.8 Å². The third kappa shape index (κ3) is 4.13. The minimum atomic E-state index is -0.194. The Balaban J connectivity index is 1.97. The molecule has 2 rings (SSSR count). The number of nitriles is 1. The molecule has 0 aliphatic heterocycles. The Morgan fingerprint density at radius 2 is 2.21 bits per heavy atom. The molecule has 1 unspecified atom stereocenters. The Kier molecular flexibility index (Phi) is 5.96. The molecule has 0 spiro atoms. The van der Waals surface area contributed by atoms with Crippen LogP contribution in [0.15, 0.2) is 22.7 Å². The molecule has 0 bridgehead atoms. The van der Waals surface area contributed by atoms with Gasteiger partial charge in [-0.05, 0) is 38.5 Å². The maximum atomic E-state index is 12.1. The van der Waals surface area contributed by atoms with Crippen LogP contribution < -0.4 is 10.6 Å². The maximum Gasteiger partial charge on any atom is 0.238 e. The number of benzene rings is 1. The highest BCUT2D eigenvalue weighted by atomic mass is 35.5. The molecule has 1 aromatic heterocycles. The van der Waals surface area contributed by atoms with Crippen molar-refractivity contribution in [1.29, 1.82) is 5.26 Å². The van der Waals surface area contributed by atoms with Crippen molar-refractivity contribution in [3.05, 3.63) is 45.8 Å².